The maximum atomic E-state index is 4.65. The molecule has 0 aliphatic heterocycles. The van der Waals surface area contributed by atoms with E-state index in [1.165, 1.54) is 23.2 Å². The minimum Gasteiger partial charge on any atom is -0.282 e. The van der Waals surface area contributed by atoms with Gasteiger partial charge in [-0.25, -0.2) is 4.98 Å². The number of nitrogens with zero attached hydrogens (tertiary/aromatic N) is 3. The molecule has 1 aliphatic rings. The Labute approximate surface area is 135 Å². The summed E-state index contributed by atoms with van der Waals surface area (Å²) < 4.78 is 0. The number of aryl methyl sites for hydroxylation is 3. The summed E-state index contributed by atoms with van der Waals surface area (Å²) in [5, 5.41) is 15.1. The Bertz CT molecular complexity index is 787. The highest BCUT2D eigenvalue weighted by molar-refractivity contribution is 5.56. The van der Waals surface area contributed by atoms with Gasteiger partial charge in [0.1, 0.15) is 11.5 Å². The van der Waals surface area contributed by atoms with Crippen molar-refractivity contribution in [3.8, 4) is 11.5 Å². The van der Waals surface area contributed by atoms with Crippen molar-refractivity contribution in [2.24, 2.45) is 5.92 Å². The van der Waals surface area contributed by atoms with Crippen molar-refractivity contribution < 1.29 is 0 Å². The molecular weight excluding hydrogens is 286 g/mol. The molecule has 0 amide bonds. The maximum absolute atomic E-state index is 4.65. The molecule has 5 nitrogen and oxygen atoms in total. The first-order valence-corrected chi connectivity index (χ1v) is 8.31. The van der Waals surface area contributed by atoms with Gasteiger partial charge in [0.15, 0.2) is 0 Å². The number of fused-ring (bicyclic) bond motifs is 1. The van der Waals surface area contributed by atoms with E-state index in [2.05, 4.69) is 56.6 Å². The molecule has 4 rings (SSSR count). The second-order valence-electron chi connectivity index (χ2n) is 6.47. The second-order valence-corrected chi connectivity index (χ2v) is 6.47. The van der Waals surface area contributed by atoms with Crippen LogP contribution >= 0.6 is 0 Å². The van der Waals surface area contributed by atoms with Crippen LogP contribution in [0.3, 0.4) is 0 Å². The summed E-state index contributed by atoms with van der Waals surface area (Å²) in [6, 6.07) is 10.5. The molecule has 0 saturated carbocycles. The topological polar surface area (TPSA) is 70.2 Å². The van der Waals surface area contributed by atoms with Crippen LogP contribution < -0.4 is 0 Å². The van der Waals surface area contributed by atoms with E-state index < -0.39 is 0 Å². The van der Waals surface area contributed by atoms with Gasteiger partial charge >= 0.3 is 0 Å². The van der Waals surface area contributed by atoms with Crippen LogP contribution in [0, 0.1) is 5.92 Å². The third-order valence-corrected chi connectivity index (χ3v) is 4.63. The molecule has 2 heterocycles. The van der Waals surface area contributed by atoms with E-state index in [-0.39, 0.29) is 0 Å². The molecular formula is C18H21N5. The fraction of sp³-hybridized carbons (Fsp3) is 0.389. The minimum absolute atomic E-state index is 0.704. The Morgan fingerprint density at radius 3 is 2.83 bits per heavy atom. The molecule has 5 heteroatoms. The second kappa shape index (κ2) is 5.99. The zero-order valence-electron chi connectivity index (χ0n) is 13.3. The molecule has 23 heavy (non-hydrogen) atoms. The van der Waals surface area contributed by atoms with Gasteiger partial charge in [0, 0.05) is 17.7 Å². The first kappa shape index (κ1) is 14.2. The molecule has 0 saturated heterocycles. The van der Waals surface area contributed by atoms with Crippen LogP contribution in [0.25, 0.3) is 11.5 Å². The van der Waals surface area contributed by atoms with E-state index >= 15 is 0 Å². The largest absolute Gasteiger partial charge is 0.282 e. The molecule has 1 aliphatic carbocycles. The summed E-state index contributed by atoms with van der Waals surface area (Å²) in [6.45, 7) is 2.29. The van der Waals surface area contributed by atoms with Gasteiger partial charge in [-0.1, -0.05) is 37.3 Å². The molecule has 118 valence electrons. The number of aromatic nitrogens is 5. The van der Waals surface area contributed by atoms with Gasteiger partial charge in [-0.3, -0.25) is 10.2 Å². The average molecular weight is 307 g/mol. The number of H-pyrrole nitrogens is 2. The lowest BCUT2D eigenvalue weighted by Crippen LogP contribution is -2.10. The Kier molecular flexibility index (Phi) is 3.69. The maximum Gasteiger partial charge on any atom is 0.201 e. The van der Waals surface area contributed by atoms with Crippen LogP contribution in [-0.4, -0.2) is 25.4 Å². The van der Waals surface area contributed by atoms with Crippen molar-refractivity contribution in [1.82, 2.24) is 25.4 Å². The van der Waals surface area contributed by atoms with E-state index in [9.17, 15) is 0 Å². The zero-order chi connectivity index (χ0) is 15.6. The van der Waals surface area contributed by atoms with Crippen LogP contribution in [0.4, 0.5) is 0 Å². The van der Waals surface area contributed by atoms with E-state index in [0.29, 0.717) is 5.92 Å². The summed E-state index contributed by atoms with van der Waals surface area (Å²) >= 11 is 0. The van der Waals surface area contributed by atoms with E-state index in [4.69, 9.17) is 0 Å². The van der Waals surface area contributed by atoms with Crippen LogP contribution in [0.1, 0.15) is 36.0 Å². The summed E-state index contributed by atoms with van der Waals surface area (Å²) in [6.07, 6.45) is 5.19. The minimum atomic E-state index is 0.704. The third-order valence-electron chi connectivity index (χ3n) is 4.63. The number of benzene rings is 1. The van der Waals surface area contributed by atoms with Crippen molar-refractivity contribution in [3.05, 3.63) is 53.0 Å². The molecule has 0 spiro atoms. The van der Waals surface area contributed by atoms with Crippen LogP contribution in [-0.2, 0) is 25.7 Å². The smallest absolute Gasteiger partial charge is 0.201 e. The molecule has 0 radical (unpaired) electrons. The van der Waals surface area contributed by atoms with Gasteiger partial charge < -0.3 is 0 Å². The average Bonchev–Trinajstić information content (AvgIpc) is 3.20. The van der Waals surface area contributed by atoms with E-state index in [0.717, 1.165) is 43.0 Å². The first-order valence-electron chi connectivity index (χ1n) is 8.31. The summed E-state index contributed by atoms with van der Waals surface area (Å²) in [7, 11) is 0. The van der Waals surface area contributed by atoms with Gasteiger partial charge in [0.25, 0.3) is 0 Å². The summed E-state index contributed by atoms with van der Waals surface area (Å²) in [5.74, 6) is 2.35. The number of aromatic amines is 2. The molecule has 0 fully saturated rings. The molecule has 0 bridgehead atoms. The van der Waals surface area contributed by atoms with Crippen molar-refractivity contribution in [2.45, 2.75) is 39.0 Å². The number of hydrogen-bond acceptors (Lipinski definition) is 3. The third kappa shape index (κ3) is 2.91. The van der Waals surface area contributed by atoms with Crippen molar-refractivity contribution >= 4 is 0 Å². The quantitative estimate of drug-likeness (QED) is 0.778. The van der Waals surface area contributed by atoms with Crippen molar-refractivity contribution in [1.29, 1.82) is 0 Å². The predicted molar refractivity (Wildman–Crippen MR) is 89.0 cm³/mol. The monoisotopic (exact) mass is 307 g/mol. The molecule has 1 unspecified atom stereocenters. The number of hydrogen-bond donors (Lipinski definition) is 2. The number of nitrogens with one attached hydrogen (secondary N) is 2. The van der Waals surface area contributed by atoms with E-state index in [1.807, 2.05) is 6.07 Å². The zero-order valence-corrected chi connectivity index (χ0v) is 13.3. The van der Waals surface area contributed by atoms with E-state index in [1.54, 1.807) is 0 Å². The van der Waals surface area contributed by atoms with Gasteiger partial charge in [0.2, 0.25) is 5.82 Å². The highest BCUT2D eigenvalue weighted by Gasteiger charge is 2.23. The van der Waals surface area contributed by atoms with Crippen molar-refractivity contribution in [2.75, 3.05) is 0 Å². The molecule has 1 atom stereocenters. The SMILES string of the molecule is CC1CCc2[nH]nc(-c3n[nH]c(CCc4ccccc4)n3)c2C1. The molecule has 1 aromatic carbocycles. The van der Waals surface area contributed by atoms with Gasteiger partial charge in [-0.2, -0.15) is 10.2 Å². The Balaban J connectivity index is 1.51. The van der Waals surface area contributed by atoms with Crippen LogP contribution in [0.5, 0.6) is 0 Å². The highest BCUT2D eigenvalue weighted by Crippen LogP contribution is 2.30. The van der Waals surface area contributed by atoms with Crippen LogP contribution in [0.2, 0.25) is 0 Å². The van der Waals surface area contributed by atoms with Gasteiger partial charge in [-0.05, 0) is 37.2 Å². The number of rotatable bonds is 4. The fourth-order valence-electron chi connectivity index (χ4n) is 3.27. The summed E-state index contributed by atoms with van der Waals surface area (Å²) in [4.78, 5) is 4.65. The van der Waals surface area contributed by atoms with Crippen molar-refractivity contribution in [3.63, 3.8) is 0 Å². The highest BCUT2D eigenvalue weighted by atomic mass is 15.2. The standard InChI is InChI=1S/C18H21N5/c1-12-7-9-15-14(11-12)17(22-20-15)18-19-16(21-23-18)10-8-13-5-3-2-4-6-13/h2-6,12H,7-11H2,1H3,(H,20,22)(H,19,21,23). The fourth-order valence-corrected chi connectivity index (χ4v) is 3.27. The van der Waals surface area contributed by atoms with Gasteiger partial charge in [-0.15, -0.1) is 0 Å². The Morgan fingerprint density at radius 1 is 1.09 bits per heavy atom. The molecule has 3 aromatic rings. The lowest BCUT2D eigenvalue weighted by atomic mass is 9.88. The molecule has 2 N–H and O–H groups in total. The predicted octanol–water partition coefficient (Wildman–Crippen LogP) is 3.10. The lowest BCUT2D eigenvalue weighted by Gasteiger charge is -2.17. The lowest BCUT2D eigenvalue weighted by molar-refractivity contribution is 0.498. The first-order chi connectivity index (χ1) is 11.3. The Hall–Kier alpha value is -2.43. The van der Waals surface area contributed by atoms with Crippen LogP contribution in [0.15, 0.2) is 30.3 Å². The Morgan fingerprint density at radius 2 is 1.96 bits per heavy atom. The molecule has 2 aromatic heterocycles. The normalized spacial score (nSPS) is 17.2. The van der Waals surface area contributed by atoms with Gasteiger partial charge in [0.05, 0.1) is 0 Å². The summed E-state index contributed by atoms with van der Waals surface area (Å²) in [5.41, 5.74) is 4.80.